The van der Waals surface area contributed by atoms with Crippen molar-refractivity contribution in [1.29, 1.82) is 21.0 Å². The largest absolute Gasteiger partial charge is 0.528 e. The van der Waals surface area contributed by atoms with Gasteiger partial charge in [-0.1, -0.05) is 85.0 Å². The van der Waals surface area contributed by atoms with Crippen molar-refractivity contribution in [2.45, 2.75) is 25.6 Å². The summed E-state index contributed by atoms with van der Waals surface area (Å²) in [7, 11) is 7.77. The molecule has 2 aromatic carbocycles. The van der Waals surface area contributed by atoms with E-state index >= 15 is 0 Å². The number of rotatable bonds is 11. The highest BCUT2D eigenvalue weighted by Gasteiger charge is 2.25. The molecule has 2 aromatic rings. The van der Waals surface area contributed by atoms with Crippen molar-refractivity contribution in [3.8, 4) is 24.3 Å². The molecule has 0 spiro atoms. The molecule has 0 aliphatic heterocycles. The van der Waals surface area contributed by atoms with Gasteiger partial charge in [0.15, 0.2) is 12.2 Å². The fraction of sp³-hybridized carbons (Fsp3) is 0.225. The van der Waals surface area contributed by atoms with Gasteiger partial charge in [-0.05, 0) is 75.8 Å². The molecule has 1 fully saturated rings. The third-order valence-electron chi connectivity index (χ3n) is 7.62. The standard InChI is InChI=1S/C40H35N9/c1-45-39(46-2)37(30-17-11-8-12-18-30)34(26-42)22-14-20-32-24-23-31(38(32)47-40(48(3)4)49(5)6)19-13-21-33(25-41)36(35(27-43)28-44)29-15-9-7-10-16-29/h7-13,15-22,35,40H,14,23-24H2,3-6H3. The maximum Gasteiger partial charge on any atom is 0.528 e. The van der Waals surface area contributed by atoms with Crippen molar-refractivity contribution >= 4 is 16.9 Å². The Morgan fingerprint density at radius 1 is 0.837 bits per heavy atom. The van der Waals surface area contributed by atoms with E-state index in [4.69, 9.17) is 18.1 Å². The second-order valence-electron chi connectivity index (χ2n) is 11.3. The highest BCUT2D eigenvalue weighted by Crippen LogP contribution is 2.32. The Morgan fingerprint density at radius 2 is 1.41 bits per heavy atom. The summed E-state index contributed by atoms with van der Waals surface area (Å²) < 4.78 is 0. The predicted molar refractivity (Wildman–Crippen MR) is 192 cm³/mol. The van der Waals surface area contributed by atoms with Crippen LogP contribution in [0.4, 0.5) is 0 Å². The number of hydrogen-bond acceptors (Lipinski definition) is 7. The van der Waals surface area contributed by atoms with Crippen LogP contribution in [0.25, 0.3) is 20.8 Å². The van der Waals surface area contributed by atoms with E-state index in [9.17, 15) is 21.0 Å². The van der Waals surface area contributed by atoms with Gasteiger partial charge in [-0.2, -0.15) is 30.7 Å². The Balaban J connectivity index is 2.10. The molecular weight excluding hydrogens is 607 g/mol. The van der Waals surface area contributed by atoms with Crippen molar-refractivity contribution in [3.63, 3.8) is 0 Å². The van der Waals surface area contributed by atoms with Crippen LogP contribution in [0.5, 0.6) is 0 Å². The van der Waals surface area contributed by atoms with Gasteiger partial charge < -0.3 is 0 Å². The summed E-state index contributed by atoms with van der Waals surface area (Å²) in [5, 5.41) is 39.5. The monoisotopic (exact) mass is 641 g/mol. The summed E-state index contributed by atoms with van der Waals surface area (Å²) in [5.74, 6) is -1.28. The van der Waals surface area contributed by atoms with Crippen LogP contribution in [0.1, 0.15) is 30.4 Å². The molecule has 3 rings (SSSR count). The van der Waals surface area contributed by atoms with Gasteiger partial charge in [-0.15, -0.1) is 0 Å². The molecule has 1 aliphatic carbocycles. The molecule has 0 aromatic heterocycles. The number of benzene rings is 2. The van der Waals surface area contributed by atoms with E-state index in [-0.39, 0.29) is 23.3 Å². The molecule has 0 bridgehead atoms. The molecule has 1 saturated carbocycles. The maximum atomic E-state index is 10.1. The maximum absolute atomic E-state index is 10.1. The minimum Gasteiger partial charge on any atom is -0.276 e. The zero-order valence-corrected chi connectivity index (χ0v) is 28.0. The minimum absolute atomic E-state index is 0.163. The Labute approximate surface area is 289 Å². The summed E-state index contributed by atoms with van der Waals surface area (Å²) in [4.78, 5) is 15.9. The third-order valence-corrected chi connectivity index (χ3v) is 7.62. The zero-order chi connectivity index (χ0) is 35.8. The van der Waals surface area contributed by atoms with Crippen molar-refractivity contribution < 1.29 is 0 Å². The fourth-order valence-corrected chi connectivity index (χ4v) is 5.42. The number of nitriles is 4. The van der Waals surface area contributed by atoms with Gasteiger partial charge in [0, 0.05) is 5.57 Å². The quantitative estimate of drug-likeness (QED) is 0.107. The molecule has 0 amide bonds. The second-order valence-corrected chi connectivity index (χ2v) is 11.3. The van der Waals surface area contributed by atoms with Crippen LogP contribution in [-0.2, 0) is 0 Å². The number of nitrogens with zero attached hydrogens (tertiary/aromatic N) is 9. The summed E-state index contributed by atoms with van der Waals surface area (Å²) >= 11 is 0. The SMILES string of the molecule is [C-]#[N+]C([N+]#[C-])=C(C(C#N)=CCC=C1CCC(=CC=CC(C#N)=C(c2ccccc2)C(C#N)C#N)C1=NC(N(C)C)N(C)C)c1ccccc1. The van der Waals surface area contributed by atoms with Gasteiger partial charge in [0.1, 0.15) is 13.1 Å². The number of hydrogen-bond donors (Lipinski definition) is 0. The highest BCUT2D eigenvalue weighted by atomic mass is 15.4. The Bertz CT molecular complexity index is 1960. The van der Waals surface area contributed by atoms with Gasteiger partial charge in [-0.25, -0.2) is 0 Å². The summed E-state index contributed by atoms with van der Waals surface area (Å²) in [6.07, 6.45) is 10.5. The van der Waals surface area contributed by atoms with Crippen LogP contribution < -0.4 is 0 Å². The molecule has 49 heavy (non-hydrogen) atoms. The number of allylic oxidation sites excluding steroid dienone is 11. The number of aliphatic imine (C=N–C) groups is 1. The average Bonchev–Trinajstić information content (AvgIpc) is 3.50. The van der Waals surface area contributed by atoms with Gasteiger partial charge in [0.25, 0.3) is 0 Å². The molecule has 0 heterocycles. The summed E-state index contributed by atoms with van der Waals surface area (Å²) in [5.41, 5.74) is 5.12. The lowest BCUT2D eigenvalue weighted by atomic mass is 9.90. The lowest BCUT2D eigenvalue weighted by Crippen LogP contribution is -2.39. The molecule has 1 aliphatic rings. The molecule has 0 unspecified atom stereocenters. The zero-order valence-electron chi connectivity index (χ0n) is 28.0. The average molecular weight is 642 g/mol. The van der Waals surface area contributed by atoms with E-state index < -0.39 is 5.92 Å². The van der Waals surface area contributed by atoms with Gasteiger partial charge >= 0.3 is 5.82 Å². The van der Waals surface area contributed by atoms with Crippen molar-refractivity contribution in [1.82, 2.24) is 9.80 Å². The van der Waals surface area contributed by atoms with Crippen LogP contribution in [0.15, 0.2) is 124 Å². The molecule has 0 atom stereocenters. The predicted octanol–water partition coefficient (Wildman–Crippen LogP) is 7.73. The van der Waals surface area contributed by atoms with Crippen LogP contribution in [-0.4, -0.2) is 50.0 Å². The van der Waals surface area contributed by atoms with E-state index in [1.165, 1.54) is 0 Å². The van der Waals surface area contributed by atoms with E-state index in [2.05, 4.69) is 21.8 Å². The van der Waals surface area contributed by atoms with Gasteiger partial charge in [0.05, 0.1) is 46.7 Å². The molecule has 0 N–H and O–H groups in total. The van der Waals surface area contributed by atoms with Crippen LogP contribution in [0.2, 0.25) is 0 Å². The van der Waals surface area contributed by atoms with Crippen molar-refractivity contribution in [2.75, 3.05) is 28.2 Å². The lowest BCUT2D eigenvalue weighted by molar-refractivity contribution is 0.138. The van der Waals surface area contributed by atoms with Crippen LogP contribution in [0.3, 0.4) is 0 Å². The van der Waals surface area contributed by atoms with Gasteiger partial charge in [0.2, 0.25) is 0 Å². The van der Waals surface area contributed by atoms with Crippen LogP contribution >= 0.6 is 0 Å². The first kappa shape index (κ1) is 36.9. The lowest BCUT2D eigenvalue weighted by Gasteiger charge is -2.27. The van der Waals surface area contributed by atoms with E-state index in [0.717, 1.165) is 16.9 Å². The molecule has 9 heteroatoms. The van der Waals surface area contributed by atoms with Crippen molar-refractivity contribution in [2.24, 2.45) is 10.9 Å². The first-order valence-electron chi connectivity index (χ1n) is 15.4. The normalized spacial score (nSPS) is 16.0. The van der Waals surface area contributed by atoms with E-state index in [1.807, 2.05) is 74.4 Å². The molecule has 0 radical (unpaired) electrons. The highest BCUT2D eigenvalue weighted by molar-refractivity contribution is 6.15. The van der Waals surface area contributed by atoms with E-state index in [1.54, 1.807) is 66.8 Å². The molecule has 240 valence electrons. The molecule has 9 nitrogen and oxygen atoms in total. The topological polar surface area (TPSA) is 123 Å². The molecule has 0 saturated heterocycles. The van der Waals surface area contributed by atoms with E-state index in [0.29, 0.717) is 41.5 Å². The summed E-state index contributed by atoms with van der Waals surface area (Å²) in [6.45, 7) is 15.1. The fourth-order valence-electron chi connectivity index (χ4n) is 5.42. The minimum atomic E-state index is -1.11. The summed E-state index contributed by atoms with van der Waals surface area (Å²) in [6, 6.07) is 26.3. The molecular formula is C40H35N9. The smallest absolute Gasteiger partial charge is 0.276 e. The first-order valence-corrected chi connectivity index (χ1v) is 15.4. The Kier molecular flexibility index (Phi) is 13.9. The van der Waals surface area contributed by atoms with Crippen molar-refractivity contribution in [3.05, 3.63) is 153 Å². The van der Waals surface area contributed by atoms with Gasteiger partial charge in [-0.3, -0.25) is 14.8 Å². The van der Waals surface area contributed by atoms with Crippen LogP contribution in [0, 0.1) is 64.4 Å². The Hall–Kier alpha value is -6.59. The third kappa shape index (κ3) is 9.47. The Morgan fingerprint density at radius 3 is 1.92 bits per heavy atom. The second kappa shape index (κ2) is 18.5. The first-order chi connectivity index (χ1) is 23.7.